The molecule has 5 bridgehead atoms. The predicted molar refractivity (Wildman–Crippen MR) is 249 cm³/mol. The van der Waals surface area contributed by atoms with Gasteiger partial charge in [0.15, 0.2) is 22.4 Å². The predicted octanol–water partition coefficient (Wildman–Crippen LogP) is 4.70. The maximum atomic E-state index is 14.8. The second-order valence-corrected chi connectivity index (χ2v) is 18.0. The van der Waals surface area contributed by atoms with E-state index in [-0.39, 0.29) is 60.8 Å². The summed E-state index contributed by atoms with van der Waals surface area (Å²) in [4.78, 5) is 64.4. The number of phenols is 1. The van der Waals surface area contributed by atoms with E-state index >= 15 is 0 Å². The number of anilines is 2. The van der Waals surface area contributed by atoms with E-state index in [1.165, 1.54) is 59.3 Å². The van der Waals surface area contributed by atoms with Gasteiger partial charge in [-0.2, -0.15) is 0 Å². The third-order valence-electron chi connectivity index (χ3n) is 13.6. The fraction of sp³-hybridized carbons (Fsp3) is 0.490. The summed E-state index contributed by atoms with van der Waals surface area (Å²) in [6.45, 7) is 18.5. The summed E-state index contributed by atoms with van der Waals surface area (Å²) in [5.41, 5.74) is -1.36. The Morgan fingerprint density at radius 2 is 1.65 bits per heavy atom. The van der Waals surface area contributed by atoms with Crippen molar-refractivity contribution in [2.75, 3.05) is 50.1 Å². The van der Waals surface area contributed by atoms with Crippen molar-refractivity contribution in [1.29, 1.82) is 0 Å². The Morgan fingerprint density at radius 1 is 0.955 bits per heavy atom. The largest absolute Gasteiger partial charge is 0.507 e. The number of aromatic hydroxyl groups is 1. The number of carbonyl (C=O) groups excluding carboxylic acids is 2. The van der Waals surface area contributed by atoms with Crippen LogP contribution in [0.4, 0.5) is 11.4 Å². The van der Waals surface area contributed by atoms with Crippen LogP contribution in [-0.4, -0.2) is 112 Å². The standard InChI is InChI=1S/C49H60N4O13/c1-11-52-16-18-53(19-17-52)30-21-31(55)37-33(22-30)65-46-38(50-37)34-35-42(58)28(7)45-36(34)47(60)49(9,66-45)63-20-15-32(62-10)25(4)44(64-29(8)54)27(6)41(57)26(5)40(56)23(2)13-12-14-24(3)48(61)51-39(46)43(35)59/h12-15,20-23,25-27,32,40-41,44,56-58,60H,11,16-19H2,1-10H3,(H,51,61)/b13-12+,20-15-,24-14+/t23-,25+,26+,27+,32-,40-,41+,44+,49-/m0/s1. The van der Waals surface area contributed by atoms with Gasteiger partial charge in [-0.25, -0.2) is 4.98 Å². The summed E-state index contributed by atoms with van der Waals surface area (Å²) in [6.07, 6.45) is 3.56. The first-order chi connectivity index (χ1) is 31.2. The average molecular weight is 913 g/mol. The van der Waals surface area contributed by atoms with Gasteiger partial charge >= 0.3 is 11.8 Å². The first-order valence-electron chi connectivity index (χ1n) is 22.3. The third-order valence-corrected chi connectivity index (χ3v) is 13.6. The van der Waals surface area contributed by atoms with Gasteiger partial charge < -0.3 is 58.9 Å². The minimum Gasteiger partial charge on any atom is -0.507 e. The SMILES string of the molecule is CCN1CCN(c2cc(=O)c3nc4c(oc3c2)c2c(=O)c3c(O)c(C)c5c(c34)=C(O)[C@@](C)(O/C=C\[C@H](OC)[C@@H](C)[C@@H](OC(C)=O)[C@H](C)[C@H](O)[C@H](C)[C@@H](O)[C@@H](C)/C=C/C=C(\C)C(=O)N2)O5)CC1. The Balaban J connectivity index is 1.47. The molecular weight excluding hydrogens is 853 g/mol. The maximum Gasteiger partial charge on any atom is 0.307 e. The van der Waals surface area contributed by atoms with Crippen LogP contribution in [-0.2, 0) is 23.8 Å². The van der Waals surface area contributed by atoms with Gasteiger partial charge in [-0.15, -0.1) is 0 Å². The molecule has 0 radical (unpaired) electrons. The Labute approximate surface area is 381 Å². The molecule has 66 heavy (non-hydrogen) atoms. The summed E-state index contributed by atoms with van der Waals surface area (Å²) in [7, 11) is 1.44. The number of ether oxygens (including phenoxy) is 4. The highest BCUT2D eigenvalue weighted by molar-refractivity contribution is 6.16. The first kappa shape index (κ1) is 47.9. The van der Waals surface area contributed by atoms with Crippen LogP contribution >= 0.6 is 0 Å². The number of hydrogen-bond acceptors (Lipinski definition) is 16. The number of phenolic OH excluding ortho intramolecular Hbond substituents is 1. The zero-order valence-electron chi connectivity index (χ0n) is 39.0. The summed E-state index contributed by atoms with van der Waals surface area (Å²) in [6, 6.07) is 3.14. The normalized spacial score (nSPS) is 29.9. The van der Waals surface area contributed by atoms with E-state index in [9.17, 15) is 39.6 Å². The number of nitrogens with zero attached hydrogens (tertiary/aromatic N) is 3. The second kappa shape index (κ2) is 18.7. The number of allylic oxidation sites excluding steroid dienone is 2. The first-order valence-corrected chi connectivity index (χ1v) is 22.3. The lowest BCUT2D eigenvalue weighted by Crippen LogP contribution is -2.46. The Kier molecular flexibility index (Phi) is 13.6. The lowest BCUT2D eigenvalue weighted by molar-refractivity contribution is -0.160. The molecule has 3 aromatic carbocycles. The highest BCUT2D eigenvalue weighted by Crippen LogP contribution is 2.42. The lowest BCUT2D eigenvalue weighted by atomic mass is 9.78. The maximum absolute atomic E-state index is 14.8. The number of aromatic nitrogens is 1. The topological polar surface area (TPSA) is 231 Å². The van der Waals surface area contributed by atoms with E-state index in [1.807, 2.05) is 0 Å². The Morgan fingerprint density at radius 3 is 2.30 bits per heavy atom. The smallest absolute Gasteiger partial charge is 0.307 e. The average Bonchev–Trinajstić information content (AvgIpc) is 3.56. The van der Waals surface area contributed by atoms with Crippen molar-refractivity contribution >= 4 is 62.0 Å². The van der Waals surface area contributed by atoms with Crippen LogP contribution < -0.4 is 31.0 Å². The number of aliphatic hydroxyl groups excluding tert-OH is 3. The molecule has 0 unspecified atom stereocenters. The zero-order valence-corrected chi connectivity index (χ0v) is 39.0. The summed E-state index contributed by atoms with van der Waals surface area (Å²) in [5.74, 6) is -6.92. The number of methoxy groups -OCH3 is 1. The molecular formula is C49H60N4O13. The molecule has 354 valence electrons. The molecule has 4 aromatic rings. The highest BCUT2D eigenvalue weighted by Gasteiger charge is 2.44. The van der Waals surface area contributed by atoms with Gasteiger partial charge in [0.2, 0.25) is 10.9 Å². The van der Waals surface area contributed by atoms with E-state index in [2.05, 4.69) is 22.0 Å². The fourth-order valence-corrected chi connectivity index (χ4v) is 9.38. The molecule has 3 aliphatic rings. The molecule has 0 spiro atoms. The minimum atomic E-state index is -1.98. The van der Waals surface area contributed by atoms with E-state index in [0.29, 0.717) is 18.8 Å². The summed E-state index contributed by atoms with van der Waals surface area (Å²) < 4.78 is 30.5. The highest BCUT2D eigenvalue weighted by atomic mass is 16.7. The molecule has 0 aliphatic carbocycles. The second-order valence-electron chi connectivity index (χ2n) is 18.0. The van der Waals surface area contributed by atoms with Crippen molar-refractivity contribution in [3.8, 4) is 11.5 Å². The van der Waals surface area contributed by atoms with E-state index in [1.54, 1.807) is 45.9 Å². The van der Waals surface area contributed by atoms with Gasteiger partial charge in [0.25, 0.3) is 5.91 Å². The van der Waals surface area contributed by atoms with Crippen molar-refractivity contribution in [3.05, 3.63) is 79.5 Å². The van der Waals surface area contributed by atoms with E-state index in [0.717, 1.165) is 19.6 Å². The number of benzene rings is 3. The lowest BCUT2D eigenvalue weighted by Gasteiger charge is -2.38. The van der Waals surface area contributed by atoms with E-state index < -0.39 is 88.1 Å². The number of fused-ring (bicyclic) bond motifs is 5. The van der Waals surface area contributed by atoms with Gasteiger partial charge in [0, 0.05) is 105 Å². The number of amides is 1. The number of piperazine rings is 1. The quantitative estimate of drug-likeness (QED) is 0.106. The monoisotopic (exact) mass is 912 g/mol. The minimum absolute atomic E-state index is 0.0374. The number of nitrogens with one attached hydrogen (secondary N) is 1. The van der Waals surface area contributed by atoms with Gasteiger partial charge in [-0.05, 0) is 26.5 Å². The van der Waals surface area contributed by atoms with Crippen LogP contribution in [0, 0.1) is 30.6 Å². The Bertz CT molecular complexity index is 2850. The molecule has 1 saturated heterocycles. The van der Waals surface area contributed by atoms with Gasteiger partial charge in [0.05, 0.1) is 35.2 Å². The molecule has 7 rings (SSSR count). The van der Waals surface area contributed by atoms with Crippen LogP contribution in [0.25, 0.3) is 38.7 Å². The molecule has 9 atom stereocenters. The van der Waals surface area contributed by atoms with Gasteiger partial charge in [-0.1, -0.05) is 52.8 Å². The van der Waals surface area contributed by atoms with Crippen LogP contribution in [0.5, 0.6) is 11.5 Å². The number of aliphatic hydroxyl groups is 3. The van der Waals surface area contributed by atoms with Crippen molar-refractivity contribution < 1.29 is 53.4 Å². The molecule has 1 fully saturated rings. The molecule has 17 nitrogen and oxygen atoms in total. The number of hydrogen-bond donors (Lipinski definition) is 5. The number of likely N-dealkylation sites (N-methyl/N-ethyl adjacent to an activating group) is 1. The van der Waals surface area contributed by atoms with Gasteiger partial charge in [0.1, 0.15) is 28.8 Å². The van der Waals surface area contributed by atoms with Crippen molar-refractivity contribution in [2.24, 2.45) is 23.7 Å². The van der Waals surface area contributed by atoms with Crippen molar-refractivity contribution in [3.63, 3.8) is 0 Å². The van der Waals surface area contributed by atoms with Crippen molar-refractivity contribution in [1.82, 2.24) is 9.88 Å². The van der Waals surface area contributed by atoms with Crippen LogP contribution in [0.1, 0.15) is 61.0 Å². The number of rotatable bonds is 4. The van der Waals surface area contributed by atoms with Crippen LogP contribution in [0.3, 0.4) is 0 Å². The molecule has 0 saturated carbocycles. The Hall–Kier alpha value is -6.01. The molecule has 1 amide bonds. The van der Waals surface area contributed by atoms with Crippen LogP contribution in [0.2, 0.25) is 0 Å². The number of esters is 1. The molecule has 4 heterocycles. The van der Waals surface area contributed by atoms with E-state index in [4.69, 9.17) is 28.3 Å². The molecule has 1 aromatic heterocycles. The van der Waals surface area contributed by atoms with Crippen molar-refractivity contribution in [2.45, 2.75) is 92.5 Å². The molecule has 17 heteroatoms. The molecule has 5 N–H and O–H groups in total. The summed E-state index contributed by atoms with van der Waals surface area (Å²) in [5, 5.41) is 49.2. The zero-order chi connectivity index (χ0) is 48.1. The molecule has 3 aliphatic heterocycles. The summed E-state index contributed by atoms with van der Waals surface area (Å²) >= 11 is 0. The van der Waals surface area contributed by atoms with Crippen LogP contribution in [0.15, 0.2) is 62.3 Å². The third kappa shape index (κ3) is 8.60. The van der Waals surface area contributed by atoms with Gasteiger partial charge in [-0.3, -0.25) is 19.2 Å². The fourth-order valence-electron chi connectivity index (χ4n) is 9.38. The number of carbonyl (C=O) groups is 2.